The molecule has 3 N–H and O–H groups in total. The molecule has 0 bridgehead atoms. The molecule has 7 heteroatoms. The van der Waals surface area contributed by atoms with Crippen molar-refractivity contribution in [3.63, 3.8) is 0 Å². The fourth-order valence-electron chi connectivity index (χ4n) is 2.26. The summed E-state index contributed by atoms with van der Waals surface area (Å²) in [4.78, 5) is 12.2. The Morgan fingerprint density at radius 2 is 2.04 bits per heavy atom. The Morgan fingerprint density at radius 1 is 1.24 bits per heavy atom. The first-order chi connectivity index (χ1) is 12.2. The monoisotopic (exact) mass is 335 g/mol. The summed E-state index contributed by atoms with van der Waals surface area (Å²) in [6.07, 6.45) is 2.94. The van der Waals surface area contributed by atoms with E-state index in [1.165, 1.54) is 17.1 Å². The van der Waals surface area contributed by atoms with E-state index >= 15 is 0 Å². The Balaban J connectivity index is 1.72. The first-order valence-electron chi connectivity index (χ1n) is 7.55. The van der Waals surface area contributed by atoms with E-state index in [2.05, 4.69) is 15.6 Å². The van der Waals surface area contributed by atoms with Gasteiger partial charge in [0.1, 0.15) is 17.1 Å². The van der Waals surface area contributed by atoms with Gasteiger partial charge in [0.2, 0.25) is 0 Å². The Labute approximate surface area is 144 Å². The zero-order valence-electron chi connectivity index (χ0n) is 13.6. The van der Waals surface area contributed by atoms with E-state index in [1.807, 2.05) is 48.5 Å². The smallest absolute Gasteiger partial charge is 0.276 e. The van der Waals surface area contributed by atoms with Crippen LogP contribution in [0.15, 0.2) is 65.9 Å². The minimum Gasteiger partial charge on any atom is -0.497 e. The maximum Gasteiger partial charge on any atom is 0.276 e. The van der Waals surface area contributed by atoms with Crippen molar-refractivity contribution in [3.8, 4) is 11.4 Å². The number of nitrogens with one attached hydrogen (secondary N) is 1. The Morgan fingerprint density at radius 3 is 2.80 bits per heavy atom. The van der Waals surface area contributed by atoms with Gasteiger partial charge in [-0.15, -0.1) is 0 Å². The van der Waals surface area contributed by atoms with E-state index in [0.29, 0.717) is 5.75 Å². The average Bonchev–Trinajstić information content (AvgIpc) is 3.04. The van der Waals surface area contributed by atoms with Crippen molar-refractivity contribution in [3.05, 3.63) is 71.9 Å². The predicted molar refractivity (Wildman–Crippen MR) is 96.0 cm³/mol. The van der Waals surface area contributed by atoms with Crippen molar-refractivity contribution in [2.45, 2.75) is 0 Å². The van der Waals surface area contributed by atoms with Crippen LogP contribution >= 0.6 is 0 Å². The van der Waals surface area contributed by atoms with Gasteiger partial charge in [-0.2, -0.15) is 10.2 Å². The van der Waals surface area contributed by atoms with Crippen molar-refractivity contribution < 1.29 is 9.53 Å². The number of hydrogen-bond donors (Lipinski definition) is 2. The lowest BCUT2D eigenvalue weighted by Gasteiger charge is -2.04. The quantitative estimate of drug-likeness (QED) is 0.552. The third-order valence-corrected chi connectivity index (χ3v) is 3.53. The molecule has 0 saturated carbocycles. The lowest BCUT2D eigenvalue weighted by Crippen LogP contribution is -2.18. The second-order valence-corrected chi connectivity index (χ2v) is 5.17. The molecule has 7 nitrogen and oxygen atoms in total. The van der Waals surface area contributed by atoms with Crippen LogP contribution in [-0.2, 0) is 0 Å². The summed E-state index contributed by atoms with van der Waals surface area (Å²) in [5.41, 5.74) is 10.3. The number of para-hydroxylation sites is 1. The van der Waals surface area contributed by atoms with Crippen LogP contribution < -0.4 is 15.9 Å². The van der Waals surface area contributed by atoms with E-state index in [1.54, 1.807) is 13.2 Å². The van der Waals surface area contributed by atoms with Gasteiger partial charge in [-0.3, -0.25) is 4.79 Å². The molecule has 0 spiro atoms. The molecule has 3 aromatic rings. The molecule has 0 unspecified atom stereocenters. The topological polar surface area (TPSA) is 94.5 Å². The number of rotatable bonds is 5. The summed E-state index contributed by atoms with van der Waals surface area (Å²) >= 11 is 0. The number of ether oxygens (including phenoxy) is 1. The SMILES string of the molecule is COc1cccc(/C=N\NC(=O)c2cnn(-c3ccccc3)c2N)c1. The lowest BCUT2D eigenvalue weighted by molar-refractivity contribution is 0.0956. The number of benzene rings is 2. The highest BCUT2D eigenvalue weighted by Gasteiger charge is 2.15. The number of aromatic nitrogens is 2. The van der Waals surface area contributed by atoms with Crippen molar-refractivity contribution in [2.24, 2.45) is 5.10 Å². The van der Waals surface area contributed by atoms with Gasteiger partial charge in [-0.1, -0.05) is 30.3 Å². The maximum atomic E-state index is 12.2. The molecular weight excluding hydrogens is 318 g/mol. The molecule has 1 heterocycles. The number of anilines is 1. The number of nitrogens with zero attached hydrogens (tertiary/aromatic N) is 3. The van der Waals surface area contributed by atoms with E-state index < -0.39 is 5.91 Å². The molecule has 0 atom stereocenters. The summed E-state index contributed by atoms with van der Waals surface area (Å²) in [6, 6.07) is 16.7. The average molecular weight is 335 g/mol. The summed E-state index contributed by atoms with van der Waals surface area (Å²) < 4.78 is 6.64. The highest BCUT2D eigenvalue weighted by molar-refractivity contribution is 5.98. The standard InChI is InChI=1S/C18H17N5O2/c1-25-15-9-5-6-13(10-15)11-20-22-18(24)16-12-21-23(17(16)19)14-7-3-2-4-8-14/h2-12H,19H2,1H3,(H,22,24)/b20-11-. The van der Waals surface area contributed by atoms with Crippen LogP contribution in [0.4, 0.5) is 5.82 Å². The number of nitrogen functional groups attached to an aromatic ring is 1. The number of carbonyl (C=O) groups excluding carboxylic acids is 1. The van der Waals surface area contributed by atoms with Gasteiger partial charge in [0, 0.05) is 0 Å². The minimum absolute atomic E-state index is 0.250. The molecule has 0 aliphatic heterocycles. The lowest BCUT2D eigenvalue weighted by atomic mass is 10.2. The van der Waals surface area contributed by atoms with Gasteiger partial charge in [-0.05, 0) is 29.8 Å². The van der Waals surface area contributed by atoms with Crippen molar-refractivity contribution in [1.29, 1.82) is 0 Å². The van der Waals surface area contributed by atoms with Crippen LogP contribution in [0.3, 0.4) is 0 Å². The molecule has 0 aliphatic rings. The highest BCUT2D eigenvalue weighted by atomic mass is 16.5. The molecule has 2 aromatic carbocycles. The second-order valence-electron chi connectivity index (χ2n) is 5.17. The number of amides is 1. The minimum atomic E-state index is -0.432. The molecule has 0 saturated heterocycles. The normalized spacial score (nSPS) is 10.8. The Kier molecular flexibility index (Phi) is 4.75. The molecule has 3 rings (SSSR count). The Hall–Kier alpha value is -3.61. The van der Waals surface area contributed by atoms with Crippen LogP contribution in [0.2, 0.25) is 0 Å². The molecule has 1 aromatic heterocycles. The zero-order valence-corrected chi connectivity index (χ0v) is 13.6. The summed E-state index contributed by atoms with van der Waals surface area (Å²) in [5, 5.41) is 8.10. The molecule has 25 heavy (non-hydrogen) atoms. The number of carbonyl (C=O) groups is 1. The molecular formula is C18H17N5O2. The van der Waals surface area contributed by atoms with Crippen molar-refractivity contribution in [2.75, 3.05) is 12.8 Å². The number of nitrogens with two attached hydrogens (primary N) is 1. The van der Waals surface area contributed by atoms with Crippen LogP contribution in [0, 0.1) is 0 Å². The van der Waals surface area contributed by atoms with Gasteiger partial charge in [0.15, 0.2) is 0 Å². The van der Waals surface area contributed by atoms with E-state index in [9.17, 15) is 4.79 Å². The number of hydrogen-bond acceptors (Lipinski definition) is 5. The molecule has 0 fully saturated rings. The van der Waals surface area contributed by atoms with Crippen LogP contribution in [0.1, 0.15) is 15.9 Å². The molecule has 0 radical (unpaired) electrons. The third kappa shape index (κ3) is 3.66. The number of methoxy groups -OCH3 is 1. The summed E-state index contributed by atoms with van der Waals surface area (Å²) in [5.74, 6) is 0.530. The third-order valence-electron chi connectivity index (χ3n) is 3.53. The van der Waals surface area contributed by atoms with Crippen LogP contribution in [-0.4, -0.2) is 29.0 Å². The van der Waals surface area contributed by atoms with E-state index in [0.717, 1.165) is 11.3 Å². The fraction of sp³-hybridized carbons (Fsp3) is 0.0556. The number of hydrazone groups is 1. The van der Waals surface area contributed by atoms with E-state index in [-0.39, 0.29) is 11.4 Å². The fourth-order valence-corrected chi connectivity index (χ4v) is 2.26. The first kappa shape index (κ1) is 16.3. The predicted octanol–water partition coefficient (Wildman–Crippen LogP) is 2.23. The zero-order chi connectivity index (χ0) is 17.6. The largest absolute Gasteiger partial charge is 0.497 e. The van der Waals surface area contributed by atoms with E-state index in [4.69, 9.17) is 10.5 Å². The van der Waals surface area contributed by atoms with Gasteiger partial charge in [0.25, 0.3) is 5.91 Å². The summed E-state index contributed by atoms with van der Waals surface area (Å²) in [6.45, 7) is 0. The molecule has 126 valence electrons. The van der Waals surface area contributed by atoms with Gasteiger partial charge in [0.05, 0.1) is 25.2 Å². The Bertz CT molecular complexity index is 903. The van der Waals surface area contributed by atoms with Crippen molar-refractivity contribution >= 4 is 17.9 Å². The van der Waals surface area contributed by atoms with Gasteiger partial charge < -0.3 is 10.5 Å². The van der Waals surface area contributed by atoms with Gasteiger partial charge in [-0.25, -0.2) is 10.1 Å². The van der Waals surface area contributed by atoms with Crippen LogP contribution in [0.25, 0.3) is 5.69 Å². The second kappa shape index (κ2) is 7.31. The highest BCUT2D eigenvalue weighted by Crippen LogP contribution is 2.16. The maximum absolute atomic E-state index is 12.2. The first-order valence-corrected chi connectivity index (χ1v) is 7.55. The van der Waals surface area contributed by atoms with Crippen molar-refractivity contribution in [1.82, 2.24) is 15.2 Å². The van der Waals surface area contributed by atoms with Gasteiger partial charge >= 0.3 is 0 Å². The molecule has 0 aliphatic carbocycles. The molecule has 1 amide bonds. The summed E-state index contributed by atoms with van der Waals surface area (Å²) in [7, 11) is 1.59. The van der Waals surface area contributed by atoms with Crippen LogP contribution in [0.5, 0.6) is 5.75 Å².